The standard InChI is InChI=1S/C15H20Cl2N4O/c16-12-2-1-11(9-13(12)17)20-5-7-21(8-6-20)15(22)14-10-18-3-4-19-14/h1-2,9,14,18-19H,3-8,10H2/t14-/m0/s1. The quantitative estimate of drug-likeness (QED) is 0.847. The van der Waals surface area contributed by atoms with Gasteiger partial charge in [-0.25, -0.2) is 0 Å². The summed E-state index contributed by atoms with van der Waals surface area (Å²) < 4.78 is 0. The zero-order chi connectivity index (χ0) is 15.5. The van der Waals surface area contributed by atoms with Gasteiger partial charge >= 0.3 is 0 Å². The van der Waals surface area contributed by atoms with Crippen molar-refractivity contribution in [1.82, 2.24) is 15.5 Å². The summed E-state index contributed by atoms with van der Waals surface area (Å²) in [5.41, 5.74) is 1.05. The summed E-state index contributed by atoms with van der Waals surface area (Å²) >= 11 is 12.0. The van der Waals surface area contributed by atoms with Crippen molar-refractivity contribution in [2.45, 2.75) is 6.04 Å². The van der Waals surface area contributed by atoms with Crippen molar-refractivity contribution >= 4 is 34.8 Å². The Bertz CT molecular complexity index is 540. The zero-order valence-corrected chi connectivity index (χ0v) is 13.8. The molecule has 1 aromatic carbocycles. The van der Waals surface area contributed by atoms with Gasteiger partial charge < -0.3 is 20.4 Å². The van der Waals surface area contributed by atoms with E-state index in [2.05, 4.69) is 15.5 Å². The molecule has 2 heterocycles. The normalized spacial score (nSPS) is 22.7. The molecule has 1 atom stereocenters. The molecule has 2 aliphatic rings. The fourth-order valence-electron chi connectivity index (χ4n) is 2.92. The van der Waals surface area contributed by atoms with E-state index in [-0.39, 0.29) is 11.9 Å². The molecule has 0 radical (unpaired) electrons. The average molecular weight is 343 g/mol. The van der Waals surface area contributed by atoms with Crippen LogP contribution in [0.5, 0.6) is 0 Å². The van der Waals surface area contributed by atoms with Crippen molar-refractivity contribution in [2.75, 3.05) is 50.7 Å². The maximum atomic E-state index is 12.5. The first kappa shape index (κ1) is 15.9. The number of carbonyl (C=O) groups excluding carboxylic acids is 1. The average Bonchev–Trinajstić information content (AvgIpc) is 2.58. The minimum Gasteiger partial charge on any atom is -0.368 e. The van der Waals surface area contributed by atoms with Gasteiger partial charge in [0.25, 0.3) is 0 Å². The first-order valence-electron chi connectivity index (χ1n) is 7.58. The van der Waals surface area contributed by atoms with Gasteiger partial charge in [0.1, 0.15) is 0 Å². The van der Waals surface area contributed by atoms with Crippen molar-refractivity contribution in [3.63, 3.8) is 0 Å². The third kappa shape index (κ3) is 3.49. The Hall–Kier alpha value is -1.01. The molecule has 120 valence electrons. The number of hydrogen-bond acceptors (Lipinski definition) is 4. The summed E-state index contributed by atoms with van der Waals surface area (Å²) in [6, 6.07) is 5.57. The van der Waals surface area contributed by atoms with E-state index in [0.29, 0.717) is 16.6 Å². The molecule has 0 bridgehead atoms. The van der Waals surface area contributed by atoms with Gasteiger partial charge in [0.2, 0.25) is 5.91 Å². The highest BCUT2D eigenvalue weighted by atomic mass is 35.5. The van der Waals surface area contributed by atoms with E-state index in [0.717, 1.165) is 45.0 Å². The Labute approximate surface area is 140 Å². The molecule has 7 heteroatoms. The Kier molecular flexibility index (Phi) is 5.08. The highest BCUT2D eigenvalue weighted by molar-refractivity contribution is 6.42. The molecule has 0 aliphatic carbocycles. The van der Waals surface area contributed by atoms with Crippen LogP contribution in [0.25, 0.3) is 0 Å². The first-order valence-corrected chi connectivity index (χ1v) is 8.33. The highest BCUT2D eigenvalue weighted by Gasteiger charge is 2.28. The van der Waals surface area contributed by atoms with Gasteiger partial charge in [-0.2, -0.15) is 0 Å². The molecule has 2 N–H and O–H groups in total. The number of rotatable bonds is 2. The SMILES string of the molecule is O=C([C@@H]1CNCCN1)N1CCN(c2ccc(Cl)c(Cl)c2)CC1. The van der Waals surface area contributed by atoms with Crippen LogP contribution in [0.15, 0.2) is 18.2 Å². The van der Waals surface area contributed by atoms with Crippen molar-refractivity contribution < 1.29 is 4.79 Å². The van der Waals surface area contributed by atoms with E-state index >= 15 is 0 Å². The second kappa shape index (κ2) is 7.04. The van der Waals surface area contributed by atoms with Crippen LogP contribution in [0.2, 0.25) is 10.0 Å². The number of piperazine rings is 2. The third-order valence-electron chi connectivity index (χ3n) is 4.20. The fraction of sp³-hybridized carbons (Fsp3) is 0.533. The predicted molar refractivity (Wildman–Crippen MR) is 89.9 cm³/mol. The molecule has 2 saturated heterocycles. The molecule has 0 spiro atoms. The zero-order valence-electron chi connectivity index (χ0n) is 12.3. The topological polar surface area (TPSA) is 47.6 Å². The van der Waals surface area contributed by atoms with Gasteiger partial charge in [0, 0.05) is 51.5 Å². The number of amides is 1. The lowest BCUT2D eigenvalue weighted by Gasteiger charge is -2.38. The summed E-state index contributed by atoms with van der Waals surface area (Å²) in [7, 11) is 0. The van der Waals surface area contributed by atoms with Crippen LogP contribution in [0.3, 0.4) is 0 Å². The first-order chi connectivity index (χ1) is 10.6. The monoisotopic (exact) mass is 342 g/mol. The van der Waals surface area contributed by atoms with Gasteiger partial charge in [-0.15, -0.1) is 0 Å². The number of anilines is 1. The molecule has 3 rings (SSSR count). The maximum Gasteiger partial charge on any atom is 0.241 e. The van der Waals surface area contributed by atoms with E-state index in [4.69, 9.17) is 23.2 Å². The molecule has 0 unspecified atom stereocenters. The lowest BCUT2D eigenvalue weighted by atomic mass is 10.1. The molecule has 5 nitrogen and oxygen atoms in total. The van der Waals surface area contributed by atoms with Gasteiger partial charge in [-0.1, -0.05) is 23.2 Å². The molecular weight excluding hydrogens is 323 g/mol. The van der Waals surface area contributed by atoms with Crippen LogP contribution in [-0.2, 0) is 4.79 Å². The summed E-state index contributed by atoms with van der Waals surface area (Å²) in [4.78, 5) is 16.6. The van der Waals surface area contributed by atoms with Crippen molar-refractivity contribution in [3.8, 4) is 0 Å². The Morgan fingerprint density at radius 3 is 2.50 bits per heavy atom. The van der Waals surface area contributed by atoms with E-state index in [9.17, 15) is 4.79 Å². The number of halogens is 2. The van der Waals surface area contributed by atoms with Crippen LogP contribution in [0.1, 0.15) is 0 Å². The molecule has 0 aromatic heterocycles. The van der Waals surface area contributed by atoms with Crippen LogP contribution in [0, 0.1) is 0 Å². The molecule has 2 fully saturated rings. The minimum atomic E-state index is -0.0923. The maximum absolute atomic E-state index is 12.5. The van der Waals surface area contributed by atoms with E-state index < -0.39 is 0 Å². The summed E-state index contributed by atoms with van der Waals surface area (Å²) in [6.07, 6.45) is 0. The smallest absolute Gasteiger partial charge is 0.241 e. The number of hydrogen-bond donors (Lipinski definition) is 2. The number of carbonyl (C=O) groups is 1. The van der Waals surface area contributed by atoms with Gasteiger partial charge in [-0.05, 0) is 18.2 Å². The van der Waals surface area contributed by atoms with Crippen molar-refractivity contribution in [3.05, 3.63) is 28.2 Å². The third-order valence-corrected chi connectivity index (χ3v) is 4.94. The fourth-order valence-corrected chi connectivity index (χ4v) is 3.21. The molecule has 0 saturated carbocycles. The molecule has 2 aliphatic heterocycles. The molecule has 22 heavy (non-hydrogen) atoms. The lowest BCUT2D eigenvalue weighted by Crippen LogP contribution is -2.59. The summed E-state index contributed by atoms with van der Waals surface area (Å²) in [5, 5.41) is 7.66. The molecular formula is C15H20Cl2N4O. The van der Waals surface area contributed by atoms with Gasteiger partial charge in [0.15, 0.2) is 0 Å². The van der Waals surface area contributed by atoms with Gasteiger partial charge in [0.05, 0.1) is 16.1 Å². The Morgan fingerprint density at radius 1 is 1.09 bits per heavy atom. The molecule has 1 aromatic rings. The van der Waals surface area contributed by atoms with Crippen molar-refractivity contribution in [1.29, 1.82) is 0 Å². The predicted octanol–water partition coefficient (Wildman–Crippen LogP) is 1.20. The Morgan fingerprint density at radius 2 is 1.86 bits per heavy atom. The van der Waals surface area contributed by atoms with Crippen molar-refractivity contribution in [2.24, 2.45) is 0 Å². The summed E-state index contributed by atoms with van der Waals surface area (Å²) in [5.74, 6) is 0.195. The van der Waals surface area contributed by atoms with Gasteiger partial charge in [-0.3, -0.25) is 4.79 Å². The van der Waals surface area contributed by atoms with Crippen LogP contribution in [-0.4, -0.2) is 62.7 Å². The summed E-state index contributed by atoms with van der Waals surface area (Å²) in [6.45, 7) is 5.57. The van der Waals surface area contributed by atoms with E-state index in [1.54, 1.807) is 0 Å². The van der Waals surface area contributed by atoms with Crippen LogP contribution < -0.4 is 15.5 Å². The minimum absolute atomic E-state index is 0.0923. The second-order valence-corrected chi connectivity index (χ2v) is 6.44. The number of benzene rings is 1. The van der Waals surface area contributed by atoms with Crippen LogP contribution >= 0.6 is 23.2 Å². The van der Waals surface area contributed by atoms with E-state index in [1.807, 2.05) is 23.1 Å². The molecule has 1 amide bonds. The number of nitrogens with one attached hydrogen (secondary N) is 2. The largest absolute Gasteiger partial charge is 0.368 e. The Balaban J connectivity index is 1.57. The van der Waals surface area contributed by atoms with Crippen LogP contribution in [0.4, 0.5) is 5.69 Å². The number of nitrogens with zero attached hydrogens (tertiary/aromatic N) is 2. The lowest BCUT2D eigenvalue weighted by molar-refractivity contribution is -0.133. The highest BCUT2D eigenvalue weighted by Crippen LogP contribution is 2.27. The second-order valence-electron chi connectivity index (χ2n) is 5.62. The van der Waals surface area contributed by atoms with E-state index in [1.165, 1.54) is 0 Å².